The van der Waals surface area contributed by atoms with E-state index in [9.17, 15) is 22.8 Å². The summed E-state index contributed by atoms with van der Waals surface area (Å²) in [4.78, 5) is 40.1. The van der Waals surface area contributed by atoms with E-state index in [1.54, 1.807) is 12.1 Å². The number of sulfonamides is 1. The monoisotopic (exact) mass is 515 g/mol. The maximum Gasteiger partial charge on any atom is 0.244 e. The molecule has 0 aliphatic carbocycles. The fraction of sp³-hybridized carbons (Fsp3) is 0.444. The number of hydrogen-bond acceptors (Lipinski definition) is 5. The molecule has 0 saturated carbocycles. The molecule has 1 N–H and O–H groups in total. The fourth-order valence-corrected chi connectivity index (χ4v) is 4.59. The second kappa shape index (κ2) is 12.7. The van der Waals surface area contributed by atoms with Gasteiger partial charge in [0, 0.05) is 18.2 Å². The molecule has 2 aromatic rings. The number of amides is 2. The fourth-order valence-electron chi connectivity index (χ4n) is 3.74. The van der Waals surface area contributed by atoms with E-state index in [1.807, 2.05) is 52.0 Å². The Morgan fingerprint density at radius 3 is 2.17 bits per heavy atom. The zero-order chi connectivity index (χ0) is 27.0. The van der Waals surface area contributed by atoms with Crippen LogP contribution < -0.4 is 9.62 Å². The summed E-state index contributed by atoms with van der Waals surface area (Å²) in [7, 11) is -3.87. The van der Waals surface area contributed by atoms with E-state index in [0.717, 1.165) is 28.1 Å². The van der Waals surface area contributed by atoms with Gasteiger partial charge in [0.2, 0.25) is 21.8 Å². The molecule has 0 spiro atoms. The minimum absolute atomic E-state index is 0.0651. The molecule has 2 atom stereocenters. The van der Waals surface area contributed by atoms with Gasteiger partial charge in [-0.25, -0.2) is 8.42 Å². The van der Waals surface area contributed by atoms with Gasteiger partial charge < -0.3 is 10.2 Å². The average molecular weight is 516 g/mol. The highest BCUT2D eigenvalue weighted by atomic mass is 32.2. The number of carbonyl (C=O) groups is 3. The van der Waals surface area contributed by atoms with Crippen LogP contribution >= 0.6 is 0 Å². The Kier molecular flexibility index (Phi) is 10.2. The predicted molar refractivity (Wildman–Crippen MR) is 142 cm³/mol. The van der Waals surface area contributed by atoms with Gasteiger partial charge in [-0.3, -0.25) is 18.7 Å². The van der Waals surface area contributed by atoms with Crippen molar-refractivity contribution in [3.05, 3.63) is 65.2 Å². The van der Waals surface area contributed by atoms with Crippen molar-refractivity contribution in [2.24, 2.45) is 0 Å². The number of rotatable bonds is 12. The molecule has 2 aromatic carbocycles. The number of aryl methyl sites for hydroxylation is 1. The molecule has 9 heteroatoms. The first-order valence-electron chi connectivity index (χ1n) is 12.1. The lowest BCUT2D eigenvalue weighted by atomic mass is 10.1. The van der Waals surface area contributed by atoms with Crippen LogP contribution in [0.5, 0.6) is 0 Å². The molecule has 8 nitrogen and oxygen atoms in total. The molecule has 0 aromatic heterocycles. The van der Waals surface area contributed by atoms with Crippen LogP contribution in [0.4, 0.5) is 5.69 Å². The lowest BCUT2D eigenvalue weighted by Gasteiger charge is -2.33. The highest BCUT2D eigenvalue weighted by molar-refractivity contribution is 7.92. The van der Waals surface area contributed by atoms with Gasteiger partial charge in [0.1, 0.15) is 12.6 Å². The SMILES string of the molecule is CC[C@H](C(=O)N[C@@H](C)CC)N(Cc1ccc(C)cc1)C(=O)CN(c1cccc(C(C)=O)c1)S(C)(=O)=O. The third-order valence-electron chi connectivity index (χ3n) is 6.08. The number of nitrogens with one attached hydrogen (secondary N) is 1. The highest BCUT2D eigenvalue weighted by Gasteiger charge is 2.32. The summed E-state index contributed by atoms with van der Waals surface area (Å²) in [5.41, 5.74) is 2.44. The van der Waals surface area contributed by atoms with Crippen LogP contribution in [0.1, 0.15) is 62.0 Å². The standard InChI is InChI=1S/C27H37N3O5S/c1-7-20(4)28-27(33)25(8-2)29(17-22-14-12-19(3)13-15-22)26(32)18-30(36(6,34)35)24-11-9-10-23(16-24)21(5)31/h9-16,20,25H,7-8,17-18H2,1-6H3,(H,28,33)/t20-,25+/m0/s1. The first-order chi connectivity index (χ1) is 16.9. The Labute approximate surface area is 214 Å². The second-order valence-corrected chi connectivity index (χ2v) is 11.0. The van der Waals surface area contributed by atoms with Crippen LogP contribution in [0.2, 0.25) is 0 Å². The molecule has 2 rings (SSSR count). The van der Waals surface area contributed by atoms with Crippen LogP contribution in [-0.2, 0) is 26.2 Å². The van der Waals surface area contributed by atoms with E-state index in [4.69, 9.17) is 0 Å². The number of Topliss-reactive ketones (excluding diaryl/α,β-unsaturated/α-hetero) is 1. The molecule has 0 bridgehead atoms. The number of ketones is 1. The van der Waals surface area contributed by atoms with Crippen LogP contribution in [-0.4, -0.2) is 55.8 Å². The predicted octanol–water partition coefficient (Wildman–Crippen LogP) is 3.69. The third-order valence-corrected chi connectivity index (χ3v) is 7.22. The lowest BCUT2D eigenvalue weighted by molar-refractivity contribution is -0.140. The summed E-state index contributed by atoms with van der Waals surface area (Å²) >= 11 is 0. The first kappa shape index (κ1) is 29.0. The number of anilines is 1. The van der Waals surface area contributed by atoms with Crippen molar-refractivity contribution >= 4 is 33.3 Å². The molecule has 0 unspecified atom stereocenters. The van der Waals surface area contributed by atoms with Crippen molar-refractivity contribution in [1.82, 2.24) is 10.2 Å². The third kappa shape index (κ3) is 7.91. The Hall–Kier alpha value is -3.20. The van der Waals surface area contributed by atoms with Crippen molar-refractivity contribution in [1.29, 1.82) is 0 Å². The smallest absolute Gasteiger partial charge is 0.244 e. The van der Waals surface area contributed by atoms with Crippen molar-refractivity contribution < 1.29 is 22.8 Å². The van der Waals surface area contributed by atoms with E-state index >= 15 is 0 Å². The van der Waals surface area contributed by atoms with Crippen LogP contribution in [0, 0.1) is 6.92 Å². The van der Waals surface area contributed by atoms with Gasteiger partial charge in [0.25, 0.3) is 0 Å². The van der Waals surface area contributed by atoms with Crippen molar-refractivity contribution in [2.75, 3.05) is 17.1 Å². The summed E-state index contributed by atoms with van der Waals surface area (Å²) in [5.74, 6) is -1.01. The molecule has 0 radical (unpaired) electrons. The van der Waals surface area contributed by atoms with E-state index < -0.39 is 28.5 Å². The van der Waals surface area contributed by atoms with Gasteiger partial charge in [-0.1, -0.05) is 55.8 Å². The quantitative estimate of drug-likeness (QED) is 0.434. The minimum atomic E-state index is -3.87. The zero-order valence-electron chi connectivity index (χ0n) is 21.9. The average Bonchev–Trinajstić information content (AvgIpc) is 2.82. The van der Waals surface area contributed by atoms with Crippen molar-refractivity contribution in [2.45, 2.75) is 66.1 Å². The van der Waals surface area contributed by atoms with Gasteiger partial charge >= 0.3 is 0 Å². The van der Waals surface area contributed by atoms with E-state index in [2.05, 4.69) is 5.32 Å². The van der Waals surface area contributed by atoms with Gasteiger partial charge in [0.05, 0.1) is 11.9 Å². The Morgan fingerprint density at radius 2 is 1.64 bits per heavy atom. The van der Waals surface area contributed by atoms with Gasteiger partial charge in [-0.15, -0.1) is 0 Å². The van der Waals surface area contributed by atoms with Crippen molar-refractivity contribution in [3.63, 3.8) is 0 Å². The molecule has 36 heavy (non-hydrogen) atoms. The molecule has 0 heterocycles. The topological polar surface area (TPSA) is 104 Å². The number of hydrogen-bond donors (Lipinski definition) is 1. The molecular formula is C27H37N3O5S. The maximum atomic E-state index is 13.7. The summed E-state index contributed by atoms with van der Waals surface area (Å²) in [6.07, 6.45) is 2.11. The number of carbonyl (C=O) groups excluding carboxylic acids is 3. The highest BCUT2D eigenvalue weighted by Crippen LogP contribution is 2.21. The zero-order valence-corrected chi connectivity index (χ0v) is 22.8. The van der Waals surface area contributed by atoms with Crippen molar-refractivity contribution in [3.8, 4) is 0 Å². The van der Waals surface area contributed by atoms with Gasteiger partial charge in [-0.05, 0) is 51.3 Å². The first-order valence-corrected chi connectivity index (χ1v) is 14.0. The second-order valence-electron chi connectivity index (χ2n) is 9.13. The minimum Gasteiger partial charge on any atom is -0.352 e. The molecule has 196 valence electrons. The van der Waals surface area contributed by atoms with Gasteiger partial charge in [-0.2, -0.15) is 0 Å². The van der Waals surface area contributed by atoms with Gasteiger partial charge in [0.15, 0.2) is 5.78 Å². The molecule has 0 aliphatic rings. The molecular weight excluding hydrogens is 478 g/mol. The summed E-state index contributed by atoms with van der Waals surface area (Å²) in [6, 6.07) is 12.9. The largest absolute Gasteiger partial charge is 0.352 e. The summed E-state index contributed by atoms with van der Waals surface area (Å²) in [5, 5.41) is 2.94. The number of benzene rings is 2. The molecule has 0 saturated heterocycles. The Bertz CT molecular complexity index is 1180. The summed E-state index contributed by atoms with van der Waals surface area (Å²) < 4.78 is 26.4. The molecule has 2 amide bonds. The lowest BCUT2D eigenvalue weighted by Crippen LogP contribution is -2.53. The van der Waals surface area contributed by atoms with E-state index in [1.165, 1.54) is 24.0 Å². The summed E-state index contributed by atoms with van der Waals surface area (Å²) in [6.45, 7) is 8.67. The Morgan fingerprint density at radius 1 is 1.00 bits per heavy atom. The molecule has 0 aliphatic heterocycles. The molecule has 0 fully saturated rings. The van der Waals surface area contributed by atoms with Crippen LogP contribution in [0.15, 0.2) is 48.5 Å². The number of nitrogens with zero attached hydrogens (tertiary/aromatic N) is 2. The maximum absolute atomic E-state index is 13.7. The van der Waals surface area contributed by atoms with E-state index in [-0.39, 0.29) is 30.0 Å². The normalized spacial score (nSPS) is 12.9. The van der Waals surface area contributed by atoms with Crippen LogP contribution in [0.25, 0.3) is 0 Å². The Balaban J connectivity index is 2.47. The van der Waals surface area contributed by atoms with Crippen LogP contribution in [0.3, 0.4) is 0 Å². The van der Waals surface area contributed by atoms with E-state index in [0.29, 0.717) is 12.0 Å².